The van der Waals surface area contributed by atoms with Crippen LogP contribution in [0.2, 0.25) is 0 Å². The van der Waals surface area contributed by atoms with Gasteiger partial charge in [-0.1, -0.05) is 37.3 Å². The molecule has 0 saturated carbocycles. The highest BCUT2D eigenvalue weighted by Gasteiger charge is 2.39. The lowest BCUT2D eigenvalue weighted by Gasteiger charge is -2.35. The van der Waals surface area contributed by atoms with Crippen LogP contribution in [0.4, 0.5) is 0 Å². The van der Waals surface area contributed by atoms with E-state index in [1.165, 1.54) is 0 Å². The average molecular weight is 328 g/mol. The summed E-state index contributed by atoms with van der Waals surface area (Å²) in [5.74, 6) is 0.744. The van der Waals surface area contributed by atoms with E-state index in [0.717, 1.165) is 57.4 Å². The van der Waals surface area contributed by atoms with Gasteiger partial charge in [-0.15, -0.1) is 0 Å². The highest BCUT2D eigenvalue weighted by Crippen LogP contribution is 2.29. The summed E-state index contributed by atoms with van der Waals surface area (Å²) in [4.78, 5) is 29.3. The van der Waals surface area contributed by atoms with Gasteiger partial charge >= 0.3 is 0 Å². The Hall–Kier alpha value is -1.68. The van der Waals surface area contributed by atoms with Crippen molar-refractivity contribution in [3.8, 4) is 0 Å². The molecule has 3 aliphatic heterocycles. The fourth-order valence-corrected chi connectivity index (χ4v) is 4.08. The Balaban J connectivity index is 1.52. The number of fused-ring (bicyclic) bond motifs is 4. The largest absolute Gasteiger partial charge is 0.338 e. The molecule has 4 rings (SSSR count). The van der Waals surface area contributed by atoms with Gasteiger partial charge in [0.2, 0.25) is 5.91 Å². The Bertz CT molecular complexity index is 572. The molecule has 0 unspecified atom stereocenters. The fourth-order valence-electron chi connectivity index (χ4n) is 4.08. The molecule has 0 spiro atoms. The Morgan fingerprint density at radius 2 is 1.92 bits per heavy atom. The molecule has 24 heavy (non-hydrogen) atoms. The second-order valence-electron chi connectivity index (χ2n) is 7.11. The number of hydrogen-bond acceptors (Lipinski definition) is 3. The Labute approximate surface area is 144 Å². The van der Waals surface area contributed by atoms with Gasteiger partial charge in [0.05, 0.1) is 5.92 Å². The molecule has 0 aromatic heterocycles. The maximum Gasteiger partial charge on any atom is 0.227 e. The van der Waals surface area contributed by atoms with Crippen molar-refractivity contribution in [2.24, 2.45) is 5.92 Å². The first-order valence-corrected chi connectivity index (χ1v) is 9.30. The van der Waals surface area contributed by atoms with Crippen LogP contribution in [0.3, 0.4) is 0 Å². The molecular formula is C20H28N2O2. The molecule has 2 atom stereocenters. The highest BCUT2D eigenvalue weighted by molar-refractivity contribution is 5.95. The van der Waals surface area contributed by atoms with Crippen molar-refractivity contribution in [3.05, 3.63) is 35.9 Å². The smallest absolute Gasteiger partial charge is 0.227 e. The number of Topliss-reactive ketones (excluding diaryl/α,β-unsaturated/α-hetero) is 1. The summed E-state index contributed by atoms with van der Waals surface area (Å²) in [6.07, 6.45) is 4.65. The van der Waals surface area contributed by atoms with Gasteiger partial charge in [0.1, 0.15) is 0 Å². The molecule has 0 aliphatic carbocycles. The third-order valence-corrected chi connectivity index (χ3v) is 5.31. The first-order chi connectivity index (χ1) is 11.7. The average Bonchev–Trinajstić information content (AvgIpc) is 2.88. The molecule has 1 amide bonds. The molecule has 0 radical (unpaired) electrons. The normalized spacial score (nSPS) is 24.2. The SMILES string of the molecule is CCCN1C(=O)[C@H]2CC[C@@H]1CN(CCCC(=O)c1ccccc1)C2. The van der Waals surface area contributed by atoms with E-state index in [4.69, 9.17) is 0 Å². The summed E-state index contributed by atoms with van der Waals surface area (Å²) in [6, 6.07) is 9.90. The molecule has 4 heteroatoms. The summed E-state index contributed by atoms with van der Waals surface area (Å²) >= 11 is 0. The Kier molecular flexibility index (Phi) is 5.67. The summed E-state index contributed by atoms with van der Waals surface area (Å²) in [5, 5.41) is 0. The zero-order valence-corrected chi connectivity index (χ0v) is 14.6. The zero-order valence-electron chi connectivity index (χ0n) is 14.6. The lowest BCUT2D eigenvalue weighted by atomic mass is 9.94. The standard InChI is InChI=1S/C20H28N2O2/c1-2-12-22-18-11-10-17(20(22)24)14-21(15-18)13-6-9-19(23)16-7-4-3-5-8-16/h3-5,7-8,17-18H,2,6,9-15H2,1H3/t17-,18+/m0/s1. The third kappa shape index (κ3) is 3.86. The van der Waals surface area contributed by atoms with Crippen LogP contribution in [0.1, 0.15) is 49.4 Å². The first-order valence-electron chi connectivity index (χ1n) is 9.30. The maximum absolute atomic E-state index is 12.6. The van der Waals surface area contributed by atoms with E-state index in [0.29, 0.717) is 18.4 Å². The van der Waals surface area contributed by atoms with E-state index in [9.17, 15) is 9.59 Å². The Morgan fingerprint density at radius 3 is 2.67 bits per heavy atom. The summed E-state index contributed by atoms with van der Waals surface area (Å²) < 4.78 is 0. The summed E-state index contributed by atoms with van der Waals surface area (Å²) in [6.45, 7) is 5.79. The van der Waals surface area contributed by atoms with Crippen LogP contribution in [0.5, 0.6) is 0 Å². The first kappa shape index (κ1) is 17.2. The van der Waals surface area contributed by atoms with Crippen LogP contribution < -0.4 is 0 Å². The number of nitrogens with zero attached hydrogens (tertiary/aromatic N) is 2. The monoisotopic (exact) mass is 328 g/mol. The van der Waals surface area contributed by atoms with Crippen molar-refractivity contribution in [1.29, 1.82) is 0 Å². The number of carbonyl (C=O) groups is 2. The molecule has 0 N–H and O–H groups in total. The van der Waals surface area contributed by atoms with Crippen molar-refractivity contribution >= 4 is 11.7 Å². The molecule has 4 nitrogen and oxygen atoms in total. The number of ketones is 1. The summed E-state index contributed by atoms with van der Waals surface area (Å²) in [7, 11) is 0. The van der Waals surface area contributed by atoms with E-state index in [-0.39, 0.29) is 11.7 Å². The van der Waals surface area contributed by atoms with Crippen LogP contribution >= 0.6 is 0 Å². The highest BCUT2D eigenvalue weighted by atomic mass is 16.2. The van der Waals surface area contributed by atoms with Gasteiger partial charge in [-0.05, 0) is 32.2 Å². The molecule has 1 aromatic carbocycles. The van der Waals surface area contributed by atoms with Crippen molar-refractivity contribution in [2.45, 2.75) is 45.1 Å². The van der Waals surface area contributed by atoms with Gasteiger partial charge < -0.3 is 9.80 Å². The van der Waals surface area contributed by atoms with Gasteiger partial charge in [-0.25, -0.2) is 0 Å². The molecule has 130 valence electrons. The molecule has 3 saturated heterocycles. The van der Waals surface area contributed by atoms with Gasteiger partial charge in [0.15, 0.2) is 5.78 Å². The number of amides is 1. The topological polar surface area (TPSA) is 40.6 Å². The maximum atomic E-state index is 12.6. The van der Waals surface area contributed by atoms with Gasteiger partial charge in [-0.3, -0.25) is 9.59 Å². The number of piperidine rings is 1. The van der Waals surface area contributed by atoms with Crippen LogP contribution in [0.15, 0.2) is 30.3 Å². The molecule has 3 heterocycles. The minimum absolute atomic E-state index is 0.167. The minimum Gasteiger partial charge on any atom is -0.338 e. The number of rotatable bonds is 7. The van der Waals surface area contributed by atoms with Crippen LogP contribution in [0.25, 0.3) is 0 Å². The van der Waals surface area contributed by atoms with Crippen LogP contribution in [0, 0.1) is 5.92 Å². The van der Waals surface area contributed by atoms with Crippen molar-refractivity contribution in [1.82, 2.24) is 9.80 Å². The number of hydrogen-bond donors (Lipinski definition) is 0. The van der Waals surface area contributed by atoms with Gasteiger partial charge in [0, 0.05) is 37.7 Å². The van der Waals surface area contributed by atoms with E-state index in [1.54, 1.807) is 0 Å². The number of benzene rings is 1. The molecule has 1 aromatic rings. The third-order valence-electron chi connectivity index (χ3n) is 5.31. The number of carbonyl (C=O) groups excluding carboxylic acids is 2. The predicted molar refractivity (Wildman–Crippen MR) is 95.0 cm³/mol. The minimum atomic E-state index is 0.167. The van der Waals surface area contributed by atoms with E-state index < -0.39 is 0 Å². The van der Waals surface area contributed by atoms with Crippen LogP contribution in [-0.2, 0) is 4.79 Å². The second-order valence-corrected chi connectivity index (χ2v) is 7.11. The molecule has 2 bridgehead atoms. The van der Waals surface area contributed by atoms with E-state index in [1.807, 2.05) is 30.3 Å². The Morgan fingerprint density at radius 1 is 1.12 bits per heavy atom. The van der Waals surface area contributed by atoms with Crippen molar-refractivity contribution in [3.63, 3.8) is 0 Å². The predicted octanol–water partition coefficient (Wildman–Crippen LogP) is 2.98. The van der Waals surface area contributed by atoms with Crippen LogP contribution in [-0.4, -0.2) is 53.7 Å². The zero-order chi connectivity index (χ0) is 16.9. The second kappa shape index (κ2) is 7.93. The fraction of sp³-hybridized carbons (Fsp3) is 0.600. The van der Waals surface area contributed by atoms with E-state index in [2.05, 4.69) is 16.7 Å². The van der Waals surface area contributed by atoms with Crippen molar-refractivity contribution < 1.29 is 9.59 Å². The lowest BCUT2D eigenvalue weighted by Crippen LogP contribution is -2.48. The molecular weight excluding hydrogens is 300 g/mol. The molecule has 3 aliphatic rings. The van der Waals surface area contributed by atoms with Crippen molar-refractivity contribution in [2.75, 3.05) is 26.2 Å². The van der Waals surface area contributed by atoms with Gasteiger partial charge in [0.25, 0.3) is 0 Å². The quantitative estimate of drug-likeness (QED) is 0.723. The van der Waals surface area contributed by atoms with E-state index >= 15 is 0 Å². The van der Waals surface area contributed by atoms with Gasteiger partial charge in [-0.2, -0.15) is 0 Å². The lowest BCUT2D eigenvalue weighted by molar-refractivity contribution is -0.139. The summed E-state index contributed by atoms with van der Waals surface area (Å²) in [5.41, 5.74) is 0.803. The molecule has 3 fully saturated rings.